The summed E-state index contributed by atoms with van der Waals surface area (Å²) in [5, 5.41) is 3.77. The third-order valence-corrected chi connectivity index (χ3v) is 16.4. The van der Waals surface area contributed by atoms with Crippen LogP contribution >= 0.6 is 0 Å². The standard InChI is InChI=1S/C26H26NO.2C20H18N.C19H14NO.2Ir/c1-17-16-27-23(15-22(17)18-11-13-26(2,3)14-12-18)21-9-6-8-20-19-7-4-5-10-24(19)28-25(20)21;2*1-14-9-10-18(20-11-15(2)16(3)13-21-20)12-19(14)17-7-5-4-6-8-17;1-12-10-17(20-11-13(12)2)16-8-5-7-15-14-6-3-4-9-18(14)21-19(15)16;;/h4-8,10,15-16,18H,11-14H2,1-3H3;2*4-9,11-13H,1-3H3;3-7,9-11H,1-2H3;;/q4*-1;;/i1D3,18D;2*1D3,3D3;1D3,2D3;;. The second-order valence-corrected chi connectivity index (χ2v) is 23.2. The number of hydrogen-bond acceptors (Lipinski definition) is 6. The number of furan rings is 2. The number of nitrogens with zero attached hydrogens (tertiary/aromatic N) is 4. The van der Waals surface area contributed by atoms with Gasteiger partial charge in [-0.1, -0.05) is 199 Å². The molecule has 0 atom stereocenters. The van der Waals surface area contributed by atoms with Crippen molar-refractivity contribution < 1.29 is 79.2 Å². The van der Waals surface area contributed by atoms with E-state index >= 15 is 0 Å². The Morgan fingerprint density at radius 1 is 0.419 bits per heavy atom. The first kappa shape index (κ1) is 44.0. The molecule has 0 unspecified atom stereocenters. The molecule has 1 aliphatic carbocycles. The molecule has 6 nitrogen and oxygen atoms in total. The molecule has 1 saturated carbocycles. The van der Waals surface area contributed by atoms with Crippen molar-refractivity contribution in [2.45, 2.75) is 107 Å². The number of para-hydroxylation sites is 2. The molecule has 470 valence electrons. The van der Waals surface area contributed by atoms with Gasteiger partial charge in [-0.3, -0.25) is 0 Å². The van der Waals surface area contributed by atoms with Crippen LogP contribution in [0.5, 0.6) is 0 Å². The molecular formula is C85H76Ir2N4O2-4. The van der Waals surface area contributed by atoms with E-state index in [1.165, 1.54) is 36.8 Å². The Bertz CT molecular complexity index is 5660. The van der Waals surface area contributed by atoms with E-state index in [0.29, 0.717) is 102 Å². The quantitative estimate of drug-likeness (QED) is 0.148. The van der Waals surface area contributed by atoms with Gasteiger partial charge in [0.2, 0.25) is 0 Å². The maximum Gasteiger partial charge on any atom is 0.120 e. The van der Waals surface area contributed by atoms with Crippen molar-refractivity contribution in [3.8, 4) is 67.3 Å². The first-order chi connectivity index (χ1) is 52.9. The summed E-state index contributed by atoms with van der Waals surface area (Å²) in [6.45, 7) is -8.57. The van der Waals surface area contributed by atoms with Crippen molar-refractivity contribution in [2.24, 2.45) is 5.41 Å². The van der Waals surface area contributed by atoms with Gasteiger partial charge >= 0.3 is 0 Å². The normalized spacial score (nSPS) is 17.4. The van der Waals surface area contributed by atoms with Crippen LogP contribution in [0, 0.1) is 91.5 Å². The van der Waals surface area contributed by atoms with Crippen LogP contribution in [0.25, 0.3) is 111 Å². The molecule has 14 aromatic rings. The minimum Gasteiger partial charge on any atom is -0.501 e. The van der Waals surface area contributed by atoms with Crippen LogP contribution in [0.4, 0.5) is 0 Å². The molecule has 1 aliphatic rings. The van der Waals surface area contributed by atoms with Crippen molar-refractivity contribution in [2.75, 3.05) is 0 Å². The summed E-state index contributed by atoms with van der Waals surface area (Å²) in [5.74, 6) is -0.946. The van der Waals surface area contributed by atoms with Gasteiger partial charge in [0.1, 0.15) is 11.2 Å². The molecule has 0 bridgehead atoms. The first-order valence-corrected chi connectivity index (χ1v) is 29.7. The molecule has 93 heavy (non-hydrogen) atoms. The zero-order chi connectivity index (χ0) is 81.8. The number of benzene rings is 8. The number of hydrogen-bond donors (Lipinski definition) is 0. The van der Waals surface area contributed by atoms with Crippen molar-refractivity contribution in [3.05, 3.63) is 287 Å². The summed E-state index contributed by atoms with van der Waals surface area (Å²) < 4.78 is 184. The summed E-state index contributed by atoms with van der Waals surface area (Å²) in [6.07, 6.45) is 8.29. The minimum atomic E-state index is -2.58. The van der Waals surface area contributed by atoms with Crippen LogP contribution in [0.15, 0.2) is 216 Å². The third-order valence-electron chi connectivity index (χ3n) is 16.4. The zero-order valence-electron chi connectivity index (χ0n) is 73.2. The fourth-order valence-corrected chi connectivity index (χ4v) is 11.1. The Hall–Kier alpha value is -8.74. The number of fused-ring (bicyclic) bond motifs is 6. The molecule has 8 heteroatoms. The Labute approximate surface area is 606 Å². The van der Waals surface area contributed by atoms with Gasteiger partial charge < -0.3 is 28.8 Å². The molecule has 6 aromatic heterocycles. The Balaban J connectivity index is 0.000000162. The van der Waals surface area contributed by atoms with Crippen LogP contribution in [0.3, 0.4) is 0 Å². The van der Waals surface area contributed by atoms with E-state index in [1.54, 1.807) is 50.2 Å². The average Bonchev–Trinajstić information content (AvgIpc) is 1.73. The molecule has 0 aliphatic heterocycles. The Morgan fingerprint density at radius 3 is 1.27 bits per heavy atom. The van der Waals surface area contributed by atoms with Gasteiger partial charge in [0.05, 0.1) is 11.2 Å². The van der Waals surface area contributed by atoms with Crippen LogP contribution in [-0.2, 0) is 40.2 Å². The molecule has 0 spiro atoms. The third kappa shape index (κ3) is 15.0. The predicted octanol–water partition coefficient (Wildman–Crippen LogP) is 22.8. The predicted molar refractivity (Wildman–Crippen MR) is 377 cm³/mol. The molecule has 0 saturated heterocycles. The molecule has 0 amide bonds. The van der Waals surface area contributed by atoms with Gasteiger partial charge in [-0.25, -0.2) is 0 Å². The molecule has 1 fully saturated rings. The van der Waals surface area contributed by atoms with Crippen LogP contribution in [0.2, 0.25) is 0 Å². The first-order valence-electron chi connectivity index (χ1n) is 40.7. The number of aromatic nitrogens is 4. The van der Waals surface area contributed by atoms with Crippen molar-refractivity contribution in [1.29, 1.82) is 0 Å². The van der Waals surface area contributed by atoms with Crippen molar-refractivity contribution >= 4 is 43.9 Å². The van der Waals surface area contributed by atoms with Gasteiger partial charge in [0, 0.05) is 106 Å². The minimum absolute atomic E-state index is 0. The summed E-state index contributed by atoms with van der Waals surface area (Å²) in [5.41, 5.74) is 12.3. The molecule has 15 rings (SSSR count). The van der Waals surface area contributed by atoms with Crippen LogP contribution in [0.1, 0.15) is 131 Å². The largest absolute Gasteiger partial charge is 0.501 e. The fourth-order valence-electron chi connectivity index (χ4n) is 11.1. The van der Waals surface area contributed by atoms with Crippen molar-refractivity contribution in [1.82, 2.24) is 19.9 Å². The smallest absolute Gasteiger partial charge is 0.120 e. The zero-order valence-corrected chi connectivity index (χ0v) is 56.0. The molecule has 6 heterocycles. The van der Waals surface area contributed by atoms with E-state index < -0.39 is 53.9 Å². The van der Waals surface area contributed by atoms with Crippen LogP contribution < -0.4 is 0 Å². The molecular weight excluding hydrogens is 1490 g/mol. The van der Waals surface area contributed by atoms with E-state index in [4.69, 9.17) is 37.6 Å². The summed E-state index contributed by atoms with van der Waals surface area (Å²) >= 11 is 0. The van der Waals surface area contributed by atoms with Gasteiger partial charge in [-0.2, -0.15) is 0 Å². The molecule has 2 radical (unpaired) electrons. The fraction of sp³-hybridized carbons (Fsp3) is 0.200. The van der Waals surface area contributed by atoms with Gasteiger partial charge in [-0.15, -0.1) is 95.1 Å². The maximum atomic E-state index is 9.26. The Kier molecular flexibility index (Phi) is 13.9. The number of pyridine rings is 4. The number of aryl methyl sites for hydroxylation is 9. The average molecular weight is 1590 g/mol. The van der Waals surface area contributed by atoms with Gasteiger partial charge in [0.15, 0.2) is 0 Å². The summed E-state index contributed by atoms with van der Waals surface area (Å²) in [6, 6.07) is 66.5. The van der Waals surface area contributed by atoms with E-state index in [0.717, 1.165) is 57.3 Å². The van der Waals surface area contributed by atoms with E-state index in [9.17, 15) is 1.37 Å². The van der Waals surface area contributed by atoms with E-state index in [2.05, 4.69) is 58.0 Å². The molecule has 0 N–H and O–H groups in total. The SMILES string of the molecule is [2H]C([2H])([2H])c1cnc(-c2[c-]cc(C([2H])([2H])[2H])c(-c3ccccc3)c2)cc1C.[2H]C([2H])([2H])c1cnc(-c2[c-]cc(C([2H])([2H])[2H])c(-c3ccccc3)c2)cc1C.[2H]C([2H])([2H])c1cnc(-c2[c-]ccc3c2oc2ccccc23)cc1C([2H])([2H])[2H].[2H]C([2H])([2H])c1cnc(-c2[c-]ccc3c2oc2ccccc23)cc1C1([2H])CCC(C)(C)CC1.[Ir].[Ir]. The van der Waals surface area contributed by atoms with Crippen LogP contribution in [-0.4, -0.2) is 19.9 Å². The molecule has 8 aromatic carbocycles. The monoisotopic (exact) mass is 1590 g/mol. The van der Waals surface area contributed by atoms with Gasteiger partial charge in [0.25, 0.3) is 0 Å². The van der Waals surface area contributed by atoms with E-state index in [1.807, 2.05) is 127 Å². The number of rotatable bonds is 7. The maximum absolute atomic E-state index is 9.26. The van der Waals surface area contributed by atoms with Crippen molar-refractivity contribution in [3.63, 3.8) is 0 Å². The van der Waals surface area contributed by atoms with Gasteiger partial charge in [-0.05, 0) is 159 Å². The Morgan fingerprint density at radius 2 is 0.817 bits per heavy atom. The summed E-state index contributed by atoms with van der Waals surface area (Å²) in [4.78, 5) is 17.3. The topological polar surface area (TPSA) is 77.8 Å². The summed E-state index contributed by atoms with van der Waals surface area (Å²) in [7, 11) is 0. The second-order valence-electron chi connectivity index (χ2n) is 23.2. The van der Waals surface area contributed by atoms with E-state index in [-0.39, 0.29) is 84.6 Å². The second kappa shape index (κ2) is 29.5.